The number of aliphatic carboxylic acids is 1. The van der Waals surface area contributed by atoms with Crippen molar-refractivity contribution in [3.8, 4) is 5.75 Å². The molecule has 0 heterocycles. The molecular weight excluding hydrogens is 266 g/mol. The minimum Gasteiger partial charge on any atom is -0.497 e. The fraction of sp³-hybridized carbons (Fsp3) is 0.133. The van der Waals surface area contributed by atoms with Crippen LogP contribution in [0.2, 0.25) is 0 Å². The topological polar surface area (TPSA) is 46.5 Å². The molecule has 0 aliphatic heterocycles. The van der Waals surface area contributed by atoms with Crippen molar-refractivity contribution in [1.82, 2.24) is 0 Å². The summed E-state index contributed by atoms with van der Waals surface area (Å²) in [6.07, 6.45) is 0. The van der Waals surface area contributed by atoms with Gasteiger partial charge in [-0.3, -0.25) is 4.79 Å². The monoisotopic (exact) mass is 278 g/mol. The Bertz CT molecular complexity index is 603. The summed E-state index contributed by atoms with van der Waals surface area (Å²) in [5.41, 5.74) is 0.475. The number of benzene rings is 2. The van der Waals surface area contributed by atoms with Crippen LogP contribution in [0.5, 0.6) is 5.75 Å². The van der Waals surface area contributed by atoms with Gasteiger partial charge in [0.15, 0.2) is 0 Å². The average Bonchev–Trinajstić information content (AvgIpc) is 2.38. The van der Waals surface area contributed by atoms with E-state index in [1.807, 2.05) is 0 Å². The summed E-state index contributed by atoms with van der Waals surface area (Å²) in [7, 11) is 1.49. The second-order valence-electron chi connectivity index (χ2n) is 4.25. The minimum atomic E-state index is -1.18. The van der Waals surface area contributed by atoms with Crippen molar-refractivity contribution in [2.24, 2.45) is 0 Å². The van der Waals surface area contributed by atoms with Gasteiger partial charge in [-0.15, -0.1) is 0 Å². The Morgan fingerprint density at radius 2 is 1.60 bits per heavy atom. The first-order valence-electron chi connectivity index (χ1n) is 5.84. The Balaban J connectivity index is 2.47. The number of rotatable bonds is 4. The third-order valence-electron chi connectivity index (χ3n) is 2.91. The summed E-state index contributed by atoms with van der Waals surface area (Å²) in [5, 5.41) is 9.31. The smallest absolute Gasteiger partial charge is 0.315 e. The third-order valence-corrected chi connectivity index (χ3v) is 2.91. The van der Waals surface area contributed by atoms with E-state index in [4.69, 9.17) is 4.74 Å². The van der Waals surface area contributed by atoms with Crippen molar-refractivity contribution in [2.75, 3.05) is 7.11 Å². The van der Waals surface area contributed by atoms with Gasteiger partial charge in [0.2, 0.25) is 0 Å². The van der Waals surface area contributed by atoms with Crippen molar-refractivity contribution in [3.05, 3.63) is 65.2 Å². The van der Waals surface area contributed by atoms with Gasteiger partial charge in [0.05, 0.1) is 7.11 Å². The quantitative estimate of drug-likeness (QED) is 0.934. The first-order chi connectivity index (χ1) is 9.51. The second-order valence-corrected chi connectivity index (χ2v) is 4.25. The van der Waals surface area contributed by atoms with Crippen LogP contribution >= 0.6 is 0 Å². The van der Waals surface area contributed by atoms with E-state index in [-0.39, 0.29) is 5.56 Å². The zero-order chi connectivity index (χ0) is 14.7. The SMILES string of the molecule is COc1ccc(C(C(=O)O)c2cc(F)cc(F)c2)cc1. The van der Waals surface area contributed by atoms with Crippen LogP contribution in [0.1, 0.15) is 17.0 Å². The van der Waals surface area contributed by atoms with Crippen LogP contribution in [-0.2, 0) is 4.79 Å². The maximum Gasteiger partial charge on any atom is 0.315 e. The number of ether oxygens (including phenoxy) is 1. The zero-order valence-electron chi connectivity index (χ0n) is 10.6. The van der Waals surface area contributed by atoms with Crippen LogP contribution in [0.3, 0.4) is 0 Å². The number of hydrogen-bond acceptors (Lipinski definition) is 2. The normalized spacial score (nSPS) is 11.9. The molecule has 2 aromatic rings. The molecule has 1 atom stereocenters. The molecule has 0 bridgehead atoms. The van der Waals surface area contributed by atoms with Crippen LogP contribution in [0.4, 0.5) is 8.78 Å². The Kier molecular flexibility index (Phi) is 3.98. The molecule has 1 N–H and O–H groups in total. The summed E-state index contributed by atoms with van der Waals surface area (Å²) in [5.74, 6) is -3.35. The van der Waals surface area contributed by atoms with E-state index in [1.165, 1.54) is 7.11 Å². The molecule has 0 fully saturated rings. The van der Waals surface area contributed by atoms with Gasteiger partial charge in [-0.1, -0.05) is 12.1 Å². The zero-order valence-corrected chi connectivity index (χ0v) is 10.6. The maximum absolute atomic E-state index is 13.2. The van der Waals surface area contributed by atoms with E-state index >= 15 is 0 Å². The lowest BCUT2D eigenvalue weighted by atomic mass is 9.91. The minimum absolute atomic E-state index is 0.0557. The molecule has 20 heavy (non-hydrogen) atoms. The summed E-state index contributed by atoms with van der Waals surface area (Å²) in [4.78, 5) is 11.4. The molecule has 0 amide bonds. The third kappa shape index (κ3) is 2.93. The number of halogens is 2. The van der Waals surface area contributed by atoms with Gasteiger partial charge in [-0.25, -0.2) is 8.78 Å². The molecule has 2 aromatic carbocycles. The Hall–Kier alpha value is -2.43. The van der Waals surface area contributed by atoms with Crippen LogP contribution in [0.15, 0.2) is 42.5 Å². The van der Waals surface area contributed by atoms with Gasteiger partial charge in [0.1, 0.15) is 23.3 Å². The summed E-state index contributed by atoms with van der Waals surface area (Å²) in [6.45, 7) is 0. The molecule has 0 aliphatic carbocycles. The molecule has 104 valence electrons. The van der Waals surface area contributed by atoms with Gasteiger partial charge < -0.3 is 9.84 Å². The molecule has 0 radical (unpaired) electrons. The second kappa shape index (κ2) is 5.69. The van der Waals surface area contributed by atoms with Crippen LogP contribution in [0, 0.1) is 11.6 Å². The number of carbonyl (C=O) groups is 1. The van der Waals surface area contributed by atoms with Crippen molar-refractivity contribution < 1.29 is 23.4 Å². The molecule has 3 nitrogen and oxygen atoms in total. The number of carboxylic acids is 1. The molecule has 2 rings (SSSR count). The molecular formula is C15H12F2O3. The number of methoxy groups -OCH3 is 1. The van der Waals surface area contributed by atoms with Gasteiger partial charge in [0.25, 0.3) is 0 Å². The van der Waals surface area contributed by atoms with Gasteiger partial charge in [-0.05, 0) is 35.4 Å². The van der Waals surface area contributed by atoms with Crippen LogP contribution < -0.4 is 4.74 Å². The van der Waals surface area contributed by atoms with Crippen molar-refractivity contribution in [2.45, 2.75) is 5.92 Å². The molecule has 0 aliphatic rings. The molecule has 0 spiro atoms. The van der Waals surface area contributed by atoms with Crippen LogP contribution in [0.25, 0.3) is 0 Å². The maximum atomic E-state index is 13.2. The molecule has 0 aromatic heterocycles. The largest absolute Gasteiger partial charge is 0.497 e. The first kappa shape index (κ1) is 14.0. The Morgan fingerprint density at radius 3 is 2.05 bits per heavy atom. The van der Waals surface area contributed by atoms with E-state index in [1.54, 1.807) is 24.3 Å². The predicted octanol–water partition coefficient (Wildman–Crippen LogP) is 3.19. The Labute approximate surface area is 114 Å². The molecule has 5 heteroatoms. The number of hydrogen-bond donors (Lipinski definition) is 1. The summed E-state index contributed by atoms with van der Waals surface area (Å²) < 4.78 is 31.5. The highest BCUT2D eigenvalue weighted by Crippen LogP contribution is 2.27. The lowest BCUT2D eigenvalue weighted by Gasteiger charge is -2.14. The van der Waals surface area contributed by atoms with E-state index in [2.05, 4.69) is 0 Å². The fourth-order valence-electron chi connectivity index (χ4n) is 2.02. The van der Waals surface area contributed by atoms with Crippen LogP contribution in [-0.4, -0.2) is 18.2 Å². The fourth-order valence-corrected chi connectivity index (χ4v) is 2.02. The number of carboxylic acid groups (broad SMARTS) is 1. The standard InChI is InChI=1S/C15H12F2O3/c1-20-13-4-2-9(3-5-13)14(15(18)19)10-6-11(16)8-12(17)7-10/h2-8,14H,1H3,(H,18,19). The summed E-state index contributed by atoms with van der Waals surface area (Å²) in [6, 6.07) is 9.05. The highest BCUT2D eigenvalue weighted by molar-refractivity contribution is 5.80. The Morgan fingerprint density at radius 1 is 1.05 bits per heavy atom. The predicted molar refractivity (Wildman–Crippen MR) is 68.8 cm³/mol. The van der Waals surface area contributed by atoms with Crippen molar-refractivity contribution >= 4 is 5.97 Å². The van der Waals surface area contributed by atoms with Gasteiger partial charge >= 0.3 is 5.97 Å². The molecule has 0 saturated carbocycles. The highest BCUT2D eigenvalue weighted by atomic mass is 19.1. The van der Waals surface area contributed by atoms with E-state index < -0.39 is 23.5 Å². The van der Waals surface area contributed by atoms with E-state index in [0.717, 1.165) is 12.1 Å². The molecule has 1 unspecified atom stereocenters. The first-order valence-corrected chi connectivity index (χ1v) is 5.84. The summed E-state index contributed by atoms with van der Waals surface area (Å²) >= 11 is 0. The highest BCUT2D eigenvalue weighted by Gasteiger charge is 2.23. The molecule has 0 saturated heterocycles. The van der Waals surface area contributed by atoms with Crippen molar-refractivity contribution in [1.29, 1.82) is 0 Å². The van der Waals surface area contributed by atoms with Gasteiger partial charge in [-0.2, -0.15) is 0 Å². The lowest BCUT2D eigenvalue weighted by molar-refractivity contribution is -0.137. The lowest BCUT2D eigenvalue weighted by Crippen LogP contribution is -2.13. The van der Waals surface area contributed by atoms with E-state index in [0.29, 0.717) is 17.4 Å². The van der Waals surface area contributed by atoms with Crippen molar-refractivity contribution in [3.63, 3.8) is 0 Å². The van der Waals surface area contributed by atoms with Gasteiger partial charge in [0, 0.05) is 6.07 Å². The van der Waals surface area contributed by atoms with E-state index in [9.17, 15) is 18.7 Å². The average molecular weight is 278 g/mol.